The summed E-state index contributed by atoms with van der Waals surface area (Å²) in [5.41, 5.74) is 6.62. The first-order valence-electron chi connectivity index (χ1n) is 16.0. The van der Waals surface area contributed by atoms with Crippen LogP contribution in [0, 0.1) is 6.92 Å². The van der Waals surface area contributed by atoms with E-state index in [1.54, 1.807) is 4.90 Å². The summed E-state index contributed by atoms with van der Waals surface area (Å²) in [6.45, 7) is 6.70. The summed E-state index contributed by atoms with van der Waals surface area (Å²) in [6.07, 6.45) is 9.30. The van der Waals surface area contributed by atoms with E-state index in [9.17, 15) is 14.4 Å². The lowest BCUT2D eigenvalue weighted by Crippen LogP contribution is -2.54. The molecule has 0 saturated carbocycles. The first-order valence-corrected chi connectivity index (χ1v) is 16.0. The van der Waals surface area contributed by atoms with Crippen LogP contribution < -0.4 is 15.5 Å². The van der Waals surface area contributed by atoms with Crippen LogP contribution >= 0.6 is 0 Å². The number of benzene rings is 2. The maximum absolute atomic E-state index is 13.1. The molecule has 5 heterocycles. The van der Waals surface area contributed by atoms with Gasteiger partial charge in [-0.15, -0.1) is 0 Å². The molecule has 0 aliphatic carbocycles. The number of hydrogen-bond donors (Lipinski definition) is 3. The monoisotopic (exact) mass is 622 g/mol. The molecule has 46 heavy (non-hydrogen) atoms. The predicted molar refractivity (Wildman–Crippen MR) is 179 cm³/mol. The molecule has 11 heteroatoms. The Balaban J connectivity index is 0.000000178. The van der Waals surface area contributed by atoms with Crippen LogP contribution in [0.25, 0.3) is 10.9 Å². The van der Waals surface area contributed by atoms with Crippen molar-refractivity contribution < 1.29 is 14.4 Å². The maximum Gasteiger partial charge on any atom is 0.240 e. The number of carbonyl (C=O) groups excluding carboxylic acids is 3. The number of anilines is 2. The van der Waals surface area contributed by atoms with Crippen molar-refractivity contribution in [1.29, 1.82) is 0 Å². The molecule has 2 saturated heterocycles. The van der Waals surface area contributed by atoms with E-state index in [1.807, 2.05) is 60.9 Å². The molecule has 4 aromatic rings. The number of piperazine rings is 1. The van der Waals surface area contributed by atoms with Crippen LogP contribution in [-0.2, 0) is 26.2 Å². The number of piperidine rings is 1. The van der Waals surface area contributed by atoms with E-state index < -0.39 is 0 Å². The van der Waals surface area contributed by atoms with E-state index >= 15 is 0 Å². The van der Waals surface area contributed by atoms with E-state index in [0.29, 0.717) is 12.8 Å². The summed E-state index contributed by atoms with van der Waals surface area (Å²) in [6, 6.07) is 16.1. The molecule has 1 spiro atoms. The van der Waals surface area contributed by atoms with E-state index in [1.165, 1.54) is 5.56 Å². The SMILES string of the molecule is CNC(Cc1cc(C)c2[nH]ncc2c1)C(=O)N1CCN(c2ccncc2)CC1.O=CN1CCC2(CC1)CC(=O)Nc1ccccc12. The highest BCUT2D eigenvalue weighted by molar-refractivity contribution is 5.95. The molecule has 3 N–H and O–H groups in total. The molecule has 2 aromatic carbocycles. The van der Waals surface area contributed by atoms with Gasteiger partial charge in [0, 0.05) is 80.3 Å². The minimum atomic E-state index is -0.226. The number of rotatable bonds is 6. The Hall–Kier alpha value is -4.77. The number of nitrogens with zero attached hydrogens (tertiary/aromatic N) is 5. The molecular formula is C35H42N8O3. The number of likely N-dealkylation sites (tertiary alicyclic amines) is 1. The Bertz CT molecular complexity index is 1670. The lowest BCUT2D eigenvalue weighted by atomic mass is 9.68. The van der Waals surface area contributed by atoms with Crippen LogP contribution in [0.15, 0.2) is 67.1 Å². The number of aryl methyl sites for hydroxylation is 1. The summed E-state index contributed by atoms with van der Waals surface area (Å²) >= 11 is 0. The van der Waals surface area contributed by atoms with E-state index in [2.05, 4.69) is 55.8 Å². The number of H-pyrrole nitrogens is 1. The predicted octanol–water partition coefficient (Wildman–Crippen LogP) is 3.26. The van der Waals surface area contributed by atoms with Crippen LogP contribution in [0.1, 0.15) is 36.0 Å². The van der Waals surface area contributed by atoms with Crippen LogP contribution in [0.5, 0.6) is 0 Å². The highest BCUT2D eigenvalue weighted by Gasteiger charge is 2.42. The second-order valence-electron chi connectivity index (χ2n) is 12.5. The van der Waals surface area contributed by atoms with Gasteiger partial charge in [0.25, 0.3) is 0 Å². The average molecular weight is 623 g/mol. The number of carbonyl (C=O) groups is 3. The normalized spacial score (nSPS) is 18.0. The van der Waals surface area contributed by atoms with Crippen LogP contribution in [0.4, 0.5) is 11.4 Å². The number of pyridine rings is 1. The van der Waals surface area contributed by atoms with Crippen molar-refractivity contribution in [3.8, 4) is 0 Å². The maximum atomic E-state index is 13.1. The number of aromatic amines is 1. The van der Waals surface area contributed by atoms with Crippen molar-refractivity contribution in [2.45, 2.75) is 44.1 Å². The summed E-state index contributed by atoms with van der Waals surface area (Å²) in [5.74, 6) is 0.259. The fourth-order valence-electron chi connectivity index (χ4n) is 7.09. The average Bonchev–Trinajstić information content (AvgIpc) is 3.58. The van der Waals surface area contributed by atoms with Gasteiger partial charge in [-0.3, -0.25) is 24.5 Å². The molecular weight excluding hydrogens is 580 g/mol. The fourth-order valence-corrected chi connectivity index (χ4v) is 7.09. The van der Waals surface area contributed by atoms with Crippen LogP contribution in [0.2, 0.25) is 0 Å². The van der Waals surface area contributed by atoms with Gasteiger partial charge >= 0.3 is 0 Å². The third-order valence-corrected chi connectivity index (χ3v) is 9.69. The standard InChI is InChI=1S/C21H26N6O.C14H16N2O2/c1-15-11-16(12-17-14-24-25-20(15)17)13-19(22-2)21(28)27-9-7-26(8-10-27)18-3-5-23-6-4-18;17-10-16-7-5-14(6-8-16)9-13(18)15-12-4-2-1-3-11(12)14/h3-6,11-12,14,19,22H,7-10,13H2,1-2H3,(H,24,25);1-4,10H,5-9H2,(H,15,18). The summed E-state index contributed by atoms with van der Waals surface area (Å²) in [4.78, 5) is 45.9. The number of para-hydroxylation sites is 1. The second kappa shape index (κ2) is 13.7. The van der Waals surface area contributed by atoms with Crippen molar-refractivity contribution in [2.24, 2.45) is 0 Å². The number of likely N-dealkylation sites (N-methyl/N-ethyl adjacent to an activating group) is 1. The number of fused-ring (bicyclic) bond motifs is 3. The van der Waals surface area contributed by atoms with Crippen molar-refractivity contribution in [3.05, 3.63) is 83.8 Å². The zero-order valence-electron chi connectivity index (χ0n) is 26.5. The Labute approximate surface area is 269 Å². The van der Waals surface area contributed by atoms with Crippen LogP contribution in [0.3, 0.4) is 0 Å². The Morgan fingerprint density at radius 2 is 1.78 bits per heavy atom. The van der Waals surface area contributed by atoms with Gasteiger partial charge in [0.1, 0.15) is 0 Å². The topological polar surface area (TPSA) is 127 Å². The van der Waals surface area contributed by atoms with Gasteiger partial charge in [-0.25, -0.2) is 0 Å². The van der Waals surface area contributed by atoms with Gasteiger partial charge in [-0.1, -0.05) is 24.3 Å². The minimum absolute atomic E-state index is 0.0710. The molecule has 2 fully saturated rings. The quantitative estimate of drug-likeness (QED) is 0.282. The van der Waals surface area contributed by atoms with E-state index in [-0.39, 0.29) is 23.3 Å². The molecule has 2 aromatic heterocycles. The number of hydrogen-bond acceptors (Lipinski definition) is 7. The highest BCUT2D eigenvalue weighted by atomic mass is 16.2. The molecule has 0 bridgehead atoms. The molecule has 3 aliphatic heterocycles. The zero-order chi connectivity index (χ0) is 32.1. The smallest absolute Gasteiger partial charge is 0.240 e. The third kappa shape index (κ3) is 6.60. The largest absolute Gasteiger partial charge is 0.368 e. The van der Waals surface area contributed by atoms with Gasteiger partial charge in [0.05, 0.1) is 17.8 Å². The second-order valence-corrected chi connectivity index (χ2v) is 12.5. The minimum Gasteiger partial charge on any atom is -0.368 e. The van der Waals surface area contributed by atoms with Crippen molar-refractivity contribution in [1.82, 2.24) is 30.3 Å². The van der Waals surface area contributed by atoms with Gasteiger partial charge in [0.15, 0.2) is 0 Å². The number of aromatic nitrogens is 3. The lowest BCUT2D eigenvalue weighted by molar-refractivity contribution is -0.133. The van der Waals surface area contributed by atoms with Crippen molar-refractivity contribution in [2.75, 3.05) is 56.5 Å². The molecule has 1 atom stereocenters. The van der Waals surface area contributed by atoms with Crippen molar-refractivity contribution in [3.63, 3.8) is 0 Å². The molecule has 1 unspecified atom stereocenters. The Kier molecular flexibility index (Phi) is 9.30. The van der Waals surface area contributed by atoms with E-state index in [4.69, 9.17) is 0 Å². The van der Waals surface area contributed by atoms with Gasteiger partial charge in [-0.2, -0.15) is 5.10 Å². The summed E-state index contributed by atoms with van der Waals surface area (Å²) in [7, 11) is 1.86. The molecule has 3 amide bonds. The highest BCUT2D eigenvalue weighted by Crippen LogP contribution is 2.44. The van der Waals surface area contributed by atoms with Gasteiger partial charge in [0.2, 0.25) is 18.2 Å². The Morgan fingerprint density at radius 3 is 2.50 bits per heavy atom. The van der Waals surface area contributed by atoms with Crippen LogP contribution in [-0.4, -0.2) is 95.6 Å². The summed E-state index contributed by atoms with van der Waals surface area (Å²) < 4.78 is 0. The fraction of sp³-hybridized carbons (Fsp3) is 0.400. The first kappa shape index (κ1) is 31.2. The first-order chi connectivity index (χ1) is 22.4. The lowest BCUT2D eigenvalue weighted by Gasteiger charge is -2.43. The molecule has 7 rings (SSSR count). The molecule has 3 aliphatic rings. The Morgan fingerprint density at radius 1 is 1.04 bits per heavy atom. The number of amides is 3. The molecule has 11 nitrogen and oxygen atoms in total. The van der Waals surface area contributed by atoms with Gasteiger partial charge < -0.3 is 25.3 Å². The molecule has 240 valence electrons. The van der Waals surface area contributed by atoms with Gasteiger partial charge in [-0.05, 0) is 74.2 Å². The van der Waals surface area contributed by atoms with E-state index in [0.717, 1.165) is 91.9 Å². The van der Waals surface area contributed by atoms with Crippen molar-refractivity contribution >= 4 is 40.5 Å². The summed E-state index contributed by atoms with van der Waals surface area (Å²) in [5, 5.41) is 14.4. The molecule has 0 radical (unpaired) electrons. The number of nitrogens with one attached hydrogen (secondary N) is 3. The zero-order valence-corrected chi connectivity index (χ0v) is 26.5. The third-order valence-electron chi connectivity index (χ3n) is 9.69.